The average Bonchev–Trinajstić information content (AvgIpc) is 2.32. The smallest absolute Gasteiger partial charge is 0.0558 e. The van der Waals surface area contributed by atoms with E-state index in [1.807, 2.05) is 0 Å². The third-order valence-corrected chi connectivity index (χ3v) is 3.98. The van der Waals surface area contributed by atoms with Gasteiger partial charge in [0.05, 0.1) is 6.61 Å². The Morgan fingerprint density at radius 2 is 2.06 bits per heavy atom. The van der Waals surface area contributed by atoms with Crippen LogP contribution in [0.1, 0.15) is 29.0 Å². The Hall–Kier alpha value is -0.900. The largest absolute Gasteiger partial charge is 0.395 e. The van der Waals surface area contributed by atoms with Gasteiger partial charge in [0.25, 0.3) is 0 Å². The van der Waals surface area contributed by atoms with Crippen LogP contribution >= 0.6 is 0 Å². The van der Waals surface area contributed by atoms with Crippen LogP contribution in [0, 0.1) is 13.8 Å². The van der Waals surface area contributed by atoms with Crippen molar-refractivity contribution >= 4 is 0 Å². The Morgan fingerprint density at radius 3 is 2.72 bits per heavy atom. The first-order valence-electron chi connectivity index (χ1n) is 6.76. The minimum Gasteiger partial charge on any atom is -0.395 e. The Labute approximate surface area is 110 Å². The number of aryl methyl sites for hydroxylation is 2. The number of likely N-dealkylation sites (tertiary alicyclic amines) is 1. The molecule has 0 radical (unpaired) electrons. The summed E-state index contributed by atoms with van der Waals surface area (Å²) in [5.74, 6) is 0.500. The summed E-state index contributed by atoms with van der Waals surface area (Å²) < 4.78 is 0. The van der Waals surface area contributed by atoms with Gasteiger partial charge >= 0.3 is 0 Å². The predicted molar refractivity (Wildman–Crippen MR) is 74.8 cm³/mol. The fraction of sp³-hybridized carbons (Fsp3) is 0.600. The average molecular weight is 248 g/mol. The van der Waals surface area contributed by atoms with E-state index in [1.54, 1.807) is 0 Å². The predicted octanol–water partition coefficient (Wildman–Crippen LogP) is 1.41. The zero-order valence-electron chi connectivity index (χ0n) is 11.4. The number of hydrogen-bond donors (Lipinski definition) is 2. The second kappa shape index (κ2) is 5.83. The zero-order chi connectivity index (χ0) is 13.1. The molecule has 100 valence electrons. The molecule has 1 saturated heterocycles. The van der Waals surface area contributed by atoms with Crippen molar-refractivity contribution in [3.63, 3.8) is 0 Å². The lowest BCUT2D eigenvalue weighted by Gasteiger charge is -2.36. The van der Waals surface area contributed by atoms with Gasteiger partial charge in [0, 0.05) is 25.7 Å². The van der Waals surface area contributed by atoms with Crippen LogP contribution < -0.4 is 5.73 Å². The molecule has 2 rings (SSSR count). The number of rotatable bonds is 3. The number of aliphatic hydroxyl groups excluding tert-OH is 1. The van der Waals surface area contributed by atoms with Gasteiger partial charge < -0.3 is 10.8 Å². The minimum absolute atomic E-state index is 0.215. The van der Waals surface area contributed by atoms with Gasteiger partial charge in [-0.05, 0) is 42.9 Å². The molecule has 1 aliphatic rings. The van der Waals surface area contributed by atoms with Gasteiger partial charge in [0.15, 0.2) is 0 Å². The zero-order valence-corrected chi connectivity index (χ0v) is 11.4. The summed E-state index contributed by atoms with van der Waals surface area (Å²) in [5, 5.41) is 9.06. The van der Waals surface area contributed by atoms with Crippen molar-refractivity contribution < 1.29 is 5.11 Å². The minimum atomic E-state index is 0.215. The van der Waals surface area contributed by atoms with Crippen molar-refractivity contribution in [2.45, 2.75) is 32.2 Å². The standard InChI is InChI=1S/C15H24N2O/c1-11-3-4-13(7-12(11)2)14-8-15(16)10-17(9-14)5-6-18/h3-4,7,14-15,18H,5-6,8-10,16H2,1-2H3. The van der Waals surface area contributed by atoms with E-state index in [0.717, 1.165) is 26.1 Å². The molecular formula is C15H24N2O. The number of aliphatic hydroxyl groups is 1. The molecule has 1 heterocycles. The third kappa shape index (κ3) is 3.10. The molecule has 0 spiro atoms. The summed E-state index contributed by atoms with van der Waals surface area (Å²) >= 11 is 0. The molecule has 0 aromatic heterocycles. The van der Waals surface area contributed by atoms with Crippen molar-refractivity contribution in [3.05, 3.63) is 34.9 Å². The molecule has 1 fully saturated rings. The summed E-state index contributed by atoms with van der Waals surface area (Å²) in [4.78, 5) is 2.27. The molecule has 1 aromatic carbocycles. The van der Waals surface area contributed by atoms with Crippen LogP contribution in [0.15, 0.2) is 18.2 Å². The highest BCUT2D eigenvalue weighted by Crippen LogP contribution is 2.27. The van der Waals surface area contributed by atoms with E-state index in [1.165, 1.54) is 16.7 Å². The third-order valence-electron chi connectivity index (χ3n) is 3.98. The van der Waals surface area contributed by atoms with Crippen LogP contribution in [0.2, 0.25) is 0 Å². The van der Waals surface area contributed by atoms with E-state index >= 15 is 0 Å². The maximum absolute atomic E-state index is 9.06. The van der Waals surface area contributed by atoms with Gasteiger partial charge in [-0.15, -0.1) is 0 Å². The van der Waals surface area contributed by atoms with Crippen LogP contribution in [0.5, 0.6) is 0 Å². The quantitative estimate of drug-likeness (QED) is 0.850. The van der Waals surface area contributed by atoms with Crippen molar-refractivity contribution in [2.75, 3.05) is 26.2 Å². The second-order valence-corrected chi connectivity index (χ2v) is 5.52. The van der Waals surface area contributed by atoms with Gasteiger partial charge in [-0.1, -0.05) is 18.2 Å². The number of hydrogen-bond acceptors (Lipinski definition) is 3. The highest BCUT2D eigenvalue weighted by Gasteiger charge is 2.25. The highest BCUT2D eigenvalue weighted by atomic mass is 16.3. The summed E-state index contributed by atoms with van der Waals surface area (Å²) in [5.41, 5.74) is 10.2. The van der Waals surface area contributed by atoms with E-state index in [-0.39, 0.29) is 12.6 Å². The molecule has 3 N–H and O–H groups in total. The van der Waals surface area contributed by atoms with E-state index in [4.69, 9.17) is 10.8 Å². The molecule has 2 unspecified atom stereocenters. The van der Waals surface area contributed by atoms with Crippen LogP contribution in [-0.2, 0) is 0 Å². The summed E-state index contributed by atoms with van der Waals surface area (Å²) in [6.45, 7) is 7.16. The molecule has 1 aliphatic heterocycles. The number of nitrogens with two attached hydrogens (primary N) is 1. The van der Waals surface area contributed by atoms with Gasteiger partial charge in [-0.3, -0.25) is 4.90 Å². The molecule has 0 amide bonds. The maximum atomic E-state index is 9.06. The molecule has 18 heavy (non-hydrogen) atoms. The molecule has 3 heteroatoms. The molecule has 2 atom stereocenters. The molecule has 1 aromatic rings. The van der Waals surface area contributed by atoms with E-state index < -0.39 is 0 Å². The van der Waals surface area contributed by atoms with E-state index in [0.29, 0.717) is 5.92 Å². The topological polar surface area (TPSA) is 49.5 Å². The van der Waals surface area contributed by atoms with Crippen LogP contribution in [0.3, 0.4) is 0 Å². The maximum Gasteiger partial charge on any atom is 0.0558 e. The number of β-amino-alcohol motifs (C(OH)–C–C–N with tert-alkyl or cyclic N) is 1. The normalized spacial score (nSPS) is 25.3. The number of nitrogens with zero attached hydrogens (tertiary/aromatic N) is 1. The van der Waals surface area contributed by atoms with Gasteiger partial charge in [0.1, 0.15) is 0 Å². The fourth-order valence-corrected chi connectivity index (χ4v) is 2.82. The lowest BCUT2D eigenvalue weighted by Crippen LogP contribution is -2.47. The molecule has 0 aliphatic carbocycles. The van der Waals surface area contributed by atoms with Crippen LogP contribution in [-0.4, -0.2) is 42.3 Å². The van der Waals surface area contributed by atoms with Gasteiger partial charge in [-0.2, -0.15) is 0 Å². The second-order valence-electron chi connectivity index (χ2n) is 5.52. The number of benzene rings is 1. The van der Waals surface area contributed by atoms with Crippen molar-refractivity contribution in [3.8, 4) is 0 Å². The lowest BCUT2D eigenvalue weighted by molar-refractivity contribution is 0.149. The first-order valence-corrected chi connectivity index (χ1v) is 6.76. The van der Waals surface area contributed by atoms with Crippen molar-refractivity contribution in [1.29, 1.82) is 0 Å². The molecular weight excluding hydrogens is 224 g/mol. The Morgan fingerprint density at radius 1 is 1.28 bits per heavy atom. The lowest BCUT2D eigenvalue weighted by atomic mass is 9.87. The first-order chi connectivity index (χ1) is 8.60. The Kier molecular flexibility index (Phi) is 4.38. The molecule has 0 bridgehead atoms. The van der Waals surface area contributed by atoms with Crippen molar-refractivity contribution in [1.82, 2.24) is 4.90 Å². The summed E-state index contributed by atoms with van der Waals surface area (Å²) in [6, 6.07) is 6.93. The summed E-state index contributed by atoms with van der Waals surface area (Å²) in [6.07, 6.45) is 1.05. The first kappa shape index (κ1) is 13.5. The van der Waals surface area contributed by atoms with Gasteiger partial charge in [-0.25, -0.2) is 0 Å². The van der Waals surface area contributed by atoms with Gasteiger partial charge in [0.2, 0.25) is 0 Å². The molecule has 0 saturated carbocycles. The fourth-order valence-electron chi connectivity index (χ4n) is 2.82. The Bertz CT molecular complexity index is 405. The monoisotopic (exact) mass is 248 g/mol. The summed E-state index contributed by atoms with van der Waals surface area (Å²) in [7, 11) is 0. The van der Waals surface area contributed by atoms with E-state index in [9.17, 15) is 0 Å². The SMILES string of the molecule is Cc1ccc(C2CC(N)CN(CCO)C2)cc1C. The van der Waals surface area contributed by atoms with Crippen molar-refractivity contribution in [2.24, 2.45) is 5.73 Å². The highest BCUT2D eigenvalue weighted by molar-refractivity contribution is 5.32. The van der Waals surface area contributed by atoms with E-state index in [2.05, 4.69) is 36.9 Å². The van der Waals surface area contributed by atoms with Crippen LogP contribution in [0.4, 0.5) is 0 Å². The number of piperidine rings is 1. The molecule has 3 nitrogen and oxygen atoms in total. The Balaban J connectivity index is 2.13. The van der Waals surface area contributed by atoms with Crippen LogP contribution in [0.25, 0.3) is 0 Å².